The minimum absolute atomic E-state index is 0.181. The third-order valence-electron chi connectivity index (χ3n) is 2.66. The smallest absolute Gasteiger partial charge is 0.328 e. The summed E-state index contributed by atoms with van der Waals surface area (Å²) in [6.45, 7) is 0. The lowest BCUT2D eigenvalue weighted by molar-refractivity contribution is -0.131. The molecular weight excluding hydrogens is 302 g/mol. The van der Waals surface area contributed by atoms with Gasteiger partial charge in [0.05, 0.1) is 10.0 Å². The largest absolute Gasteiger partial charge is 0.478 e. The normalized spacial score (nSPS) is 10.9. The Balaban J connectivity index is 2.70. The number of halogens is 3. The number of rotatable bonds is 3. The molecule has 2 aromatic carbocycles. The van der Waals surface area contributed by atoms with Crippen LogP contribution in [-0.4, -0.2) is 11.1 Å². The molecule has 102 valence electrons. The lowest BCUT2D eigenvalue weighted by Gasteiger charge is -2.11. The molecule has 0 atom stereocenters. The van der Waals surface area contributed by atoms with Crippen LogP contribution in [0.4, 0.5) is 4.39 Å². The van der Waals surface area contributed by atoms with Crippen LogP contribution >= 0.6 is 23.2 Å². The van der Waals surface area contributed by atoms with E-state index >= 15 is 0 Å². The highest BCUT2D eigenvalue weighted by Gasteiger charge is 2.15. The minimum atomic E-state index is -1.12. The molecule has 0 saturated carbocycles. The van der Waals surface area contributed by atoms with Crippen molar-refractivity contribution in [1.29, 1.82) is 0 Å². The maximum atomic E-state index is 14.1. The Morgan fingerprint density at radius 1 is 1.05 bits per heavy atom. The molecule has 20 heavy (non-hydrogen) atoms. The molecule has 5 heteroatoms. The van der Waals surface area contributed by atoms with Crippen LogP contribution in [0.3, 0.4) is 0 Å². The lowest BCUT2D eigenvalue weighted by atomic mass is 9.98. The van der Waals surface area contributed by atoms with Crippen LogP contribution in [0.25, 0.3) is 17.2 Å². The van der Waals surface area contributed by atoms with Gasteiger partial charge in [0.15, 0.2) is 0 Å². The van der Waals surface area contributed by atoms with Gasteiger partial charge in [0.1, 0.15) is 5.82 Å². The number of hydrogen-bond donors (Lipinski definition) is 1. The summed E-state index contributed by atoms with van der Waals surface area (Å²) in [7, 11) is 0. The van der Waals surface area contributed by atoms with Crippen molar-refractivity contribution in [2.45, 2.75) is 0 Å². The molecule has 1 N–H and O–H groups in total. The molecule has 0 fully saturated rings. The summed E-state index contributed by atoms with van der Waals surface area (Å²) in [5.41, 5.74) is 0.918. The molecule has 0 radical (unpaired) electrons. The first-order chi connectivity index (χ1) is 9.50. The van der Waals surface area contributed by atoms with Crippen molar-refractivity contribution >= 4 is 35.2 Å². The summed E-state index contributed by atoms with van der Waals surface area (Å²) in [4.78, 5) is 10.6. The Morgan fingerprint density at radius 3 is 2.25 bits per heavy atom. The molecule has 0 spiro atoms. The van der Waals surface area contributed by atoms with E-state index in [9.17, 15) is 9.18 Å². The molecule has 0 aliphatic carbocycles. The van der Waals surface area contributed by atoms with E-state index in [1.807, 2.05) is 0 Å². The molecule has 2 rings (SSSR count). The Kier molecular flexibility index (Phi) is 4.42. The maximum absolute atomic E-state index is 14.1. The van der Waals surface area contributed by atoms with Crippen LogP contribution in [-0.2, 0) is 4.79 Å². The van der Waals surface area contributed by atoms with Crippen LogP contribution in [0.5, 0.6) is 0 Å². The van der Waals surface area contributed by atoms with Crippen LogP contribution in [0, 0.1) is 5.82 Å². The van der Waals surface area contributed by atoms with Gasteiger partial charge in [0, 0.05) is 17.2 Å². The standard InChI is InChI=1S/C15H9Cl2FO2/c16-10-4-2-5-11(17)15(10)14-9(7-8-13(19)20)3-1-6-12(14)18/h1-8H,(H,19,20)/b8-7+. The zero-order valence-corrected chi connectivity index (χ0v) is 11.6. The van der Waals surface area contributed by atoms with Crippen LogP contribution < -0.4 is 0 Å². The van der Waals surface area contributed by atoms with Crippen molar-refractivity contribution in [2.75, 3.05) is 0 Å². The summed E-state index contributed by atoms with van der Waals surface area (Å²) < 4.78 is 14.1. The molecule has 2 nitrogen and oxygen atoms in total. The van der Waals surface area contributed by atoms with E-state index in [4.69, 9.17) is 28.3 Å². The molecule has 0 unspecified atom stereocenters. The Bertz CT molecular complexity index is 676. The third kappa shape index (κ3) is 3.00. The van der Waals surface area contributed by atoms with E-state index in [1.54, 1.807) is 24.3 Å². The van der Waals surface area contributed by atoms with Crippen molar-refractivity contribution in [2.24, 2.45) is 0 Å². The zero-order chi connectivity index (χ0) is 14.7. The zero-order valence-electron chi connectivity index (χ0n) is 10.1. The predicted molar refractivity (Wildman–Crippen MR) is 78.5 cm³/mol. The van der Waals surface area contributed by atoms with Crippen molar-refractivity contribution in [3.05, 3.63) is 63.9 Å². The first-order valence-corrected chi connectivity index (χ1v) is 6.40. The lowest BCUT2D eigenvalue weighted by Crippen LogP contribution is -1.92. The Hall–Kier alpha value is -1.84. The summed E-state index contributed by atoms with van der Waals surface area (Å²) in [6.07, 6.45) is 2.24. The first-order valence-electron chi connectivity index (χ1n) is 5.64. The highest BCUT2D eigenvalue weighted by Crippen LogP contribution is 2.38. The van der Waals surface area contributed by atoms with E-state index in [0.29, 0.717) is 21.2 Å². The van der Waals surface area contributed by atoms with Crippen molar-refractivity contribution in [1.82, 2.24) is 0 Å². The molecule has 0 aromatic heterocycles. The second-order valence-electron chi connectivity index (χ2n) is 3.97. The van der Waals surface area contributed by atoms with Crippen molar-refractivity contribution < 1.29 is 14.3 Å². The average molecular weight is 311 g/mol. The van der Waals surface area contributed by atoms with E-state index < -0.39 is 11.8 Å². The summed E-state index contributed by atoms with van der Waals surface area (Å²) in [5, 5.41) is 9.28. The second kappa shape index (κ2) is 6.07. The van der Waals surface area contributed by atoms with Gasteiger partial charge in [-0.15, -0.1) is 0 Å². The van der Waals surface area contributed by atoms with Gasteiger partial charge in [-0.25, -0.2) is 9.18 Å². The fourth-order valence-electron chi connectivity index (χ4n) is 1.84. The van der Waals surface area contributed by atoms with Gasteiger partial charge in [-0.3, -0.25) is 0 Å². The number of hydrogen-bond acceptors (Lipinski definition) is 1. The second-order valence-corrected chi connectivity index (χ2v) is 4.79. The quantitative estimate of drug-likeness (QED) is 0.819. The summed E-state index contributed by atoms with van der Waals surface area (Å²) >= 11 is 12.2. The SMILES string of the molecule is O=C(O)/C=C/c1cccc(F)c1-c1c(Cl)cccc1Cl. The fourth-order valence-corrected chi connectivity index (χ4v) is 2.43. The van der Waals surface area contributed by atoms with Crippen molar-refractivity contribution in [3.63, 3.8) is 0 Å². The van der Waals surface area contributed by atoms with Gasteiger partial charge in [-0.2, -0.15) is 0 Å². The number of aliphatic carboxylic acids is 1. The van der Waals surface area contributed by atoms with E-state index in [1.165, 1.54) is 18.2 Å². The van der Waals surface area contributed by atoms with Gasteiger partial charge in [-0.05, 0) is 29.8 Å². The van der Waals surface area contributed by atoms with E-state index in [0.717, 1.165) is 6.08 Å². The summed E-state index contributed by atoms with van der Waals surface area (Å²) in [6, 6.07) is 9.21. The average Bonchev–Trinajstić information content (AvgIpc) is 2.38. The number of carboxylic acids is 1. The molecule has 0 saturated heterocycles. The maximum Gasteiger partial charge on any atom is 0.328 e. The molecule has 0 aliphatic rings. The molecule has 0 aliphatic heterocycles. The highest BCUT2D eigenvalue weighted by molar-refractivity contribution is 6.39. The molecule has 0 amide bonds. The third-order valence-corrected chi connectivity index (χ3v) is 3.29. The van der Waals surface area contributed by atoms with Gasteiger partial charge in [0.2, 0.25) is 0 Å². The van der Waals surface area contributed by atoms with Crippen LogP contribution in [0.15, 0.2) is 42.5 Å². The first kappa shape index (κ1) is 14.6. The number of carboxylic acid groups (broad SMARTS) is 1. The van der Waals surface area contributed by atoms with E-state index in [2.05, 4.69) is 0 Å². The van der Waals surface area contributed by atoms with Gasteiger partial charge in [0.25, 0.3) is 0 Å². The van der Waals surface area contributed by atoms with Gasteiger partial charge >= 0.3 is 5.97 Å². The van der Waals surface area contributed by atoms with Crippen LogP contribution in [0.2, 0.25) is 10.0 Å². The fraction of sp³-hybridized carbons (Fsp3) is 0. The molecule has 0 bridgehead atoms. The Morgan fingerprint density at radius 2 is 1.65 bits per heavy atom. The molecule has 0 heterocycles. The van der Waals surface area contributed by atoms with E-state index in [-0.39, 0.29) is 5.56 Å². The topological polar surface area (TPSA) is 37.3 Å². The minimum Gasteiger partial charge on any atom is -0.478 e. The number of carbonyl (C=O) groups is 1. The number of benzene rings is 2. The van der Waals surface area contributed by atoms with Gasteiger partial charge in [-0.1, -0.05) is 41.4 Å². The van der Waals surface area contributed by atoms with Crippen molar-refractivity contribution in [3.8, 4) is 11.1 Å². The summed E-state index contributed by atoms with van der Waals surface area (Å²) in [5.74, 6) is -1.64. The van der Waals surface area contributed by atoms with Crippen LogP contribution in [0.1, 0.15) is 5.56 Å². The molecule has 2 aromatic rings. The van der Waals surface area contributed by atoms with Gasteiger partial charge < -0.3 is 5.11 Å². The Labute approximate surface area is 125 Å². The molecular formula is C15H9Cl2FO2. The monoisotopic (exact) mass is 310 g/mol. The highest BCUT2D eigenvalue weighted by atomic mass is 35.5. The predicted octanol–water partition coefficient (Wildman–Crippen LogP) is 4.90.